The fourth-order valence-corrected chi connectivity index (χ4v) is 2.63. The van der Waals surface area contributed by atoms with Crippen molar-refractivity contribution in [1.29, 1.82) is 0 Å². The summed E-state index contributed by atoms with van der Waals surface area (Å²) in [5.41, 5.74) is 1.06. The Kier molecular flexibility index (Phi) is 3.20. The van der Waals surface area contributed by atoms with Crippen molar-refractivity contribution < 1.29 is 17.1 Å². The van der Waals surface area contributed by atoms with Gasteiger partial charge >= 0.3 is 10.3 Å². The molecule has 5 heteroatoms. The van der Waals surface area contributed by atoms with Crippen LogP contribution in [0.15, 0.2) is 18.2 Å². The number of aromatic nitrogens is 1. The molecule has 2 nitrogen and oxygen atoms in total. The van der Waals surface area contributed by atoms with Crippen LogP contribution in [0.2, 0.25) is 0 Å². The second kappa shape index (κ2) is 3.98. The largest absolute Gasteiger partial charge is 1.00 e. The summed E-state index contributed by atoms with van der Waals surface area (Å²) in [6.07, 6.45) is 0. The standard InChI is InChI=1S/C7H6NOS2.ClH/c1-9-5-2-3-6-7(4-5)10-11-8-6;/h2-4H,1H3;1H/q+1;/p-1. The number of ether oxygens (including phenoxy) is 1. The van der Waals surface area contributed by atoms with E-state index in [1.807, 2.05) is 18.2 Å². The molecule has 2 aromatic rings. The van der Waals surface area contributed by atoms with Gasteiger partial charge in [-0.1, -0.05) is 0 Å². The molecule has 0 unspecified atom stereocenters. The first kappa shape index (κ1) is 9.64. The van der Waals surface area contributed by atoms with Crippen LogP contribution in [0.4, 0.5) is 0 Å². The minimum Gasteiger partial charge on any atom is -1.00 e. The van der Waals surface area contributed by atoms with E-state index in [0.717, 1.165) is 11.3 Å². The van der Waals surface area contributed by atoms with Crippen LogP contribution >= 0.6 is 20.9 Å². The summed E-state index contributed by atoms with van der Waals surface area (Å²) in [7, 11) is 4.85. The van der Waals surface area contributed by atoms with Crippen molar-refractivity contribution >= 4 is 31.1 Å². The number of methoxy groups -OCH3 is 1. The van der Waals surface area contributed by atoms with E-state index in [0.29, 0.717) is 0 Å². The van der Waals surface area contributed by atoms with Crippen LogP contribution < -0.4 is 17.1 Å². The van der Waals surface area contributed by atoms with Crippen LogP contribution in [0, 0.1) is 0 Å². The molecule has 0 fully saturated rings. The lowest BCUT2D eigenvalue weighted by atomic mass is 10.3. The van der Waals surface area contributed by atoms with Crippen molar-refractivity contribution in [3.8, 4) is 5.75 Å². The van der Waals surface area contributed by atoms with Crippen LogP contribution in [0.1, 0.15) is 0 Å². The molecule has 0 atom stereocenters. The minimum atomic E-state index is 0. The van der Waals surface area contributed by atoms with Gasteiger partial charge in [-0.2, -0.15) is 0 Å². The molecule has 0 spiro atoms. The molecule has 0 bridgehead atoms. The third-order valence-corrected chi connectivity index (χ3v) is 3.27. The quantitative estimate of drug-likeness (QED) is 0.483. The molecular weight excluding hydrogens is 214 g/mol. The third kappa shape index (κ3) is 1.65. The molecule has 0 aliphatic carbocycles. The predicted molar refractivity (Wildman–Crippen MR) is 48.5 cm³/mol. The number of halogens is 1. The molecule has 0 amide bonds. The topological polar surface area (TPSA) is 22.1 Å². The van der Waals surface area contributed by atoms with E-state index >= 15 is 0 Å². The van der Waals surface area contributed by atoms with Crippen molar-refractivity contribution in [1.82, 2.24) is 4.37 Å². The zero-order valence-corrected chi connectivity index (χ0v) is 8.67. The summed E-state index contributed by atoms with van der Waals surface area (Å²) >= 11 is 0. The van der Waals surface area contributed by atoms with Gasteiger partial charge in [-0.15, -0.1) is 4.37 Å². The van der Waals surface area contributed by atoms with Gasteiger partial charge in [0.2, 0.25) is 0 Å². The third-order valence-electron chi connectivity index (χ3n) is 1.43. The van der Waals surface area contributed by atoms with Crippen molar-refractivity contribution in [3.05, 3.63) is 18.2 Å². The Morgan fingerprint density at radius 2 is 2.33 bits per heavy atom. The van der Waals surface area contributed by atoms with E-state index in [-0.39, 0.29) is 12.4 Å². The van der Waals surface area contributed by atoms with Gasteiger partial charge in [-0.3, -0.25) is 0 Å². The summed E-state index contributed by atoms with van der Waals surface area (Å²) < 4.78 is 10.5. The molecule has 0 N–H and O–H groups in total. The lowest BCUT2D eigenvalue weighted by molar-refractivity contribution is -0.00000243. The Hall–Kier alpha value is -0.450. The van der Waals surface area contributed by atoms with E-state index in [9.17, 15) is 0 Å². The van der Waals surface area contributed by atoms with Crippen LogP contribution in [0.3, 0.4) is 0 Å². The average Bonchev–Trinajstić information content (AvgIpc) is 2.50. The maximum absolute atomic E-state index is 5.08. The Balaban J connectivity index is 0.000000720. The molecular formula is C7H6ClNOS2. The summed E-state index contributed by atoms with van der Waals surface area (Å²) in [4.78, 5) is 0. The molecule has 1 aromatic carbocycles. The lowest BCUT2D eigenvalue weighted by Crippen LogP contribution is -3.00. The van der Waals surface area contributed by atoms with E-state index < -0.39 is 0 Å². The monoisotopic (exact) mass is 219 g/mol. The summed E-state index contributed by atoms with van der Waals surface area (Å²) in [5, 5.41) is 0. The highest BCUT2D eigenvalue weighted by atomic mass is 35.5. The van der Waals surface area contributed by atoms with Gasteiger partial charge < -0.3 is 17.1 Å². The minimum absolute atomic E-state index is 0. The van der Waals surface area contributed by atoms with Crippen molar-refractivity contribution in [2.75, 3.05) is 7.11 Å². The maximum Gasteiger partial charge on any atom is 0.323 e. The maximum atomic E-state index is 5.08. The Morgan fingerprint density at radius 1 is 1.50 bits per heavy atom. The Bertz CT molecular complexity index is 376. The molecule has 1 heterocycles. The fraction of sp³-hybridized carbons (Fsp3) is 0.143. The van der Waals surface area contributed by atoms with Crippen molar-refractivity contribution in [3.63, 3.8) is 0 Å². The van der Waals surface area contributed by atoms with Gasteiger partial charge in [-0.05, 0) is 12.1 Å². The van der Waals surface area contributed by atoms with E-state index in [1.165, 1.54) is 15.2 Å². The molecule has 0 saturated heterocycles. The molecule has 2 rings (SSSR count). The Labute approximate surface area is 83.8 Å². The molecule has 64 valence electrons. The highest BCUT2D eigenvalue weighted by molar-refractivity contribution is 7.69. The summed E-state index contributed by atoms with van der Waals surface area (Å²) in [5.74, 6) is 0.897. The van der Waals surface area contributed by atoms with Gasteiger partial charge in [-0.25, -0.2) is 0 Å². The van der Waals surface area contributed by atoms with Gasteiger partial charge in [0.05, 0.1) is 7.11 Å². The number of rotatable bonds is 1. The molecule has 0 radical (unpaired) electrons. The SMILES string of the molecule is COc1ccc2ns[s+]c2c1.[Cl-]. The predicted octanol–water partition coefficient (Wildman–Crippen LogP) is -0.348. The van der Waals surface area contributed by atoms with Gasteiger partial charge in [0.25, 0.3) is 15.2 Å². The van der Waals surface area contributed by atoms with Crippen molar-refractivity contribution in [2.45, 2.75) is 0 Å². The first-order chi connectivity index (χ1) is 5.40. The smallest absolute Gasteiger partial charge is 0.323 e. The molecule has 0 saturated carbocycles. The zero-order chi connectivity index (χ0) is 7.68. The van der Waals surface area contributed by atoms with Gasteiger partial charge in [0.15, 0.2) is 0 Å². The van der Waals surface area contributed by atoms with E-state index in [2.05, 4.69) is 4.37 Å². The second-order valence-electron chi connectivity index (χ2n) is 2.08. The Morgan fingerprint density at radius 3 is 3.08 bits per heavy atom. The van der Waals surface area contributed by atoms with Crippen LogP contribution in [-0.2, 0) is 0 Å². The average molecular weight is 220 g/mol. The van der Waals surface area contributed by atoms with Crippen LogP contribution in [0.5, 0.6) is 5.75 Å². The molecule has 1 aromatic heterocycles. The second-order valence-corrected chi connectivity index (χ2v) is 3.97. The molecule has 0 aliphatic rings. The van der Waals surface area contributed by atoms with Gasteiger partial charge in [0.1, 0.15) is 11.3 Å². The zero-order valence-electron chi connectivity index (χ0n) is 6.28. The summed E-state index contributed by atoms with van der Waals surface area (Å²) in [6.45, 7) is 0. The first-order valence-electron chi connectivity index (χ1n) is 3.13. The van der Waals surface area contributed by atoms with Gasteiger partial charge in [0, 0.05) is 6.07 Å². The summed E-state index contributed by atoms with van der Waals surface area (Å²) in [6, 6.07) is 5.90. The molecule has 0 aliphatic heterocycles. The fourth-order valence-electron chi connectivity index (χ4n) is 0.863. The number of hydrogen-bond acceptors (Lipinski definition) is 3. The first-order valence-corrected chi connectivity index (χ1v) is 5.23. The van der Waals surface area contributed by atoms with Crippen molar-refractivity contribution in [2.24, 2.45) is 0 Å². The number of hydrogen-bond donors (Lipinski definition) is 0. The number of benzene rings is 1. The molecule has 12 heavy (non-hydrogen) atoms. The number of nitrogens with zero attached hydrogens (tertiary/aromatic N) is 1. The van der Waals surface area contributed by atoms with Crippen LogP contribution in [0.25, 0.3) is 10.2 Å². The van der Waals surface area contributed by atoms with Crippen LogP contribution in [-0.4, -0.2) is 11.5 Å². The van der Waals surface area contributed by atoms with E-state index in [4.69, 9.17) is 4.74 Å². The lowest BCUT2D eigenvalue weighted by Gasteiger charge is -1.93. The highest BCUT2D eigenvalue weighted by Gasteiger charge is 2.09. The highest BCUT2D eigenvalue weighted by Crippen LogP contribution is 2.25. The normalized spacial score (nSPS) is 9.42. The number of fused-ring (bicyclic) bond motifs is 1. The van der Waals surface area contributed by atoms with E-state index in [1.54, 1.807) is 17.5 Å².